The maximum Gasteiger partial charge on any atom is 0.407 e. The first-order valence-electron chi connectivity index (χ1n) is 16.6. The fraction of sp³-hybridized carbons (Fsp3) is 0.667. The van der Waals surface area contributed by atoms with Gasteiger partial charge in [0.15, 0.2) is 17.5 Å². The van der Waals surface area contributed by atoms with Crippen molar-refractivity contribution in [1.82, 2.24) is 5.32 Å². The summed E-state index contributed by atoms with van der Waals surface area (Å²) in [7, 11) is 1.23. The summed E-state index contributed by atoms with van der Waals surface area (Å²) in [4.78, 5) is 52.7. The van der Waals surface area contributed by atoms with Gasteiger partial charge in [-0.15, -0.1) is 0 Å². The van der Waals surface area contributed by atoms with Gasteiger partial charge in [-0.1, -0.05) is 56.7 Å². The molecule has 1 amide bonds. The molecule has 4 N–H and O–H groups in total. The Hall–Kier alpha value is -3.32. The summed E-state index contributed by atoms with van der Waals surface area (Å²) in [6, 6.07) is 8.06. The molecule has 3 fully saturated rings. The molecule has 4 aliphatic rings. The molecule has 1 saturated heterocycles. The van der Waals surface area contributed by atoms with E-state index < -0.39 is 94.1 Å². The van der Waals surface area contributed by atoms with Crippen LogP contribution in [-0.2, 0) is 33.3 Å². The second-order valence-corrected chi connectivity index (χ2v) is 14.9. The first-order chi connectivity index (χ1) is 22.4. The molecule has 1 aliphatic heterocycles. The van der Waals surface area contributed by atoms with Crippen molar-refractivity contribution in [2.45, 2.75) is 109 Å². The number of aliphatic hydroxyl groups excluding tert-OH is 2. The quantitative estimate of drug-likeness (QED) is 0.190. The van der Waals surface area contributed by atoms with E-state index >= 15 is 4.79 Å². The zero-order chi connectivity index (χ0) is 35.6. The van der Waals surface area contributed by atoms with E-state index in [4.69, 9.17) is 18.9 Å². The largest absolute Gasteiger partial charge is 0.454 e. The van der Waals surface area contributed by atoms with Crippen LogP contribution in [-0.4, -0.2) is 88.5 Å². The summed E-state index contributed by atoms with van der Waals surface area (Å²) < 4.78 is 22.6. The van der Waals surface area contributed by atoms with Crippen molar-refractivity contribution in [3.63, 3.8) is 0 Å². The van der Waals surface area contributed by atoms with Gasteiger partial charge in [-0.25, -0.2) is 4.79 Å². The highest BCUT2D eigenvalue weighted by molar-refractivity contribution is 5.95. The molecule has 1 aromatic rings. The fourth-order valence-corrected chi connectivity index (χ4v) is 9.69. The van der Waals surface area contributed by atoms with Crippen LogP contribution in [0.2, 0.25) is 0 Å². The number of benzene rings is 1. The van der Waals surface area contributed by atoms with Crippen molar-refractivity contribution in [3.05, 3.63) is 47.0 Å². The standard InChI is InChI=1S/C36H49NO11/c1-18-23(14-24(40)28(37-32(43)45-8)22-12-10-9-11-13-22)16-36(44)19(2)30-34(7,25(41)15-26-35(30,17-46-26)48-21(4)39)31(42)29(47-20(3)38)27(18)33(36,5)6/h9-13,19,23-26,28-30,40-41,44H,14-17H2,1-8H3,(H,37,43). The molecule has 264 valence electrons. The third kappa shape index (κ3) is 5.35. The molecule has 11 unspecified atom stereocenters. The number of hydrogen-bond acceptors (Lipinski definition) is 11. The SMILES string of the molecule is COC(=O)NC(c1ccccc1)C(O)CC1CC2(O)C(C)C3C4(OC(C)=O)COC4CC(O)C3(C)C(=O)C(OC(C)=O)C(=C1C)C2(C)C. The maximum atomic E-state index is 15.0. The smallest absolute Gasteiger partial charge is 0.407 e. The lowest BCUT2D eigenvalue weighted by molar-refractivity contribution is -0.338. The van der Waals surface area contributed by atoms with Crippen LogP contribution in [0.5, 0.6) is 0 Å². The molecule has 11 atom stereocenters. The van der Waals surface area contributed by atoms with Gasteiger partial charge in [-0.05, 0) is 49.7 Å². The number of esters is 2. The maximum absolute atomic E-state index is 15.0. The number of methoxy groups -OCH3 is 1. The number of Topliss-reactive ketones (excluding diaryl/α,β-unsaturated/α-hetero) is 1. The number of carbonyl (C=O) groups excluding carboxylic acids is 4. The number of fused-ring (bicyclic) bond motifs is 5. The molecular weight excluding hydrogens is 622 g/mol. The van der Waals surface area contributed by atoms with Crippen molar-refractivity contribution >= 4 is 23.8 Å². The van der Waals surface area contributed by atoms with Gasteiger partial charge < -0.3 is 39.6 Å². The minimum atomic E-state index is -1.64. The summed E-state index contributed by atoms with van der Waals surface area (Å²) in [5.74, 6) is -4.13. The Morgan fingerprint density at radius 1 is 1.10 bits per heavy atom. The van der Waals surface area contributed by atoms with Crippen LogP contribution in [0.1, 0.15) is 79.3 Å². The zero-order valence-electron chi connectivity index (χ0n) is 28.9. The van der Waals surface area contributed by atoms with E-state index in [2.05, 4.69) is 5.32 Å². The number of carbonyl (C=O) groups is 4. The van der Waals surface area contributed by atoms with Crippen LogP contribution in [0.25, 0.3) is 0 Å². The van der Waals surface area contributed by atoms with Gasteiger partial charge in [0.25, 0.3) is 0 Å². The van der Waals surface area contributed by atoms with E-state index in [1.807, 2.05) is 13.0 Å². The van der Waals surface area contributed by atoms with Crippen LogP contribution >= 0.6 is 0 Å². The van der Waals surface area contributed by atoms with Crippen molar-refractivity contribution in [2.75, 3.05) is 13.7 Å². The predicted molar refractivity (Wildman–Crippen MR) is 171 cm³/mol. The zero-order valence-corrected chi connectivity index (χ0v) is 28.9. The average Bonchev–Trinajstić information content (AvgIpc) is 3.01. The van der Waals surface area contributed by atoms with Crippen LogP contribution < -0.4 is 5.32 Å². The lowest BCUT2D eigenvalue weighted by atomic mass is 9.42. The van der Waals surface area contributed by atoms with Gasteiger partial charge in [0, 0.05) is 31.6 Å². The fourth-order valence-electron chi connectivity index (χ4n) is 9.69. The molecule has 2 saturated carbocycles. The van der Waals surface area contributed by atoms with Gasteiger partial charge in [0.05, 0.1) is 43.0 Å². The molecule has 3 aliphatic carbocycles. The lowest BCUT2D eigenvalue weighted by Gasteiger charge is -2.68. The molecule has 12 heteroatoms. The number of aliphatic hydroxyl groups is 3. The van der Waals surface area contributed by atoms with E-state index in [1.54, 1.807) is 52.0 Å². The number of ketones is 1. The molecule has 0 aromatic heterocycles. The van der Waals surface area contributed by atoms with Crippen molar-refractivity contribution in [3.8, 4) is 0 Å². The Balaban J connectivity index is 1.69. The highest BCUT2D eigenvalue weighted by atomic mass is 16.6. The van der Waals surface area contributed by atoms with E-state index in [1.165, 1.54) is 21.0 Å². The minimum absolute atomic E-state index is 0.00820. The van der Waals surface area contributed by atoms with Crippen LogP contribution in [0, 0.1) is 28.6 Å². The summed E-state index contributed by atoms with van der Waals surface area (Å²) in [6.45, 7) is 11.3. The normalized spacial score (nSPS) is 38.1. The lowest BCUT2D eigenvalue weighted by Crippen LogP contribution is -2.79. The molecule has 1 aromatic carbocycles. The number of nitrogens with one attached hydrogen (secondary N) is 1. The van der Waals surface area contributed by atoms with E-state index in [0.717, 1.165) is 0 Å². The van der Waals surface area contributed by atoms with Gasteiger partial charge in [-0.2, -0.15) is 0 Å². The Bertz CT molecular complexity index is 1490. The van der Waals surface area contributed by atoms with E-state index in [9.17, 15) is 29.7 Å². The summed E-state index contributed by atoms with van der Waals surface area (Å²) in [5.41, 5.74) is -4.05. The highest BCUT2D eigenvalue weighted by Crippen LogP contribution is 2.66. The van der Waals surface area contributed by atoms with Gasteiger partial charge >= 0.3 is 18.0 Å². The number of alkyl carbamates (subject to hydrolysis) is 1. The number of amides is 1. The molecule has 2 bridgehead atoms. The Labute approximate surface area is 281 Å². The molecule has 12 nitrogen and oxygen atoms in total. The average molecular weight is 672 g/mol. The Kier molecular flexibility index (Phi) is 9.39. The molecule has 1 heterocycles. The summed E-state index contributed by atoms with van der Waals surface area (Å²) in [6.07, 6.45) is -5.18. The number of hydrogen-bond donors (Lipinski definition) is 4. The van der Waals surface area contributed by atoms with Crippen molar-refractivity contribution in [2.24, 2.45) is 28.6 Å². The Morgan fingerprint density at radius 2 is 1.75 bits per heavy atom. The van der Waals surface area contributed by atoms with Crippen LogP contribution in [0.15, 0.2) is 41.5 Å². The molecular formula is C36H49NO11. The first kappa shape index (κ1) is 36.0. The molecule has 0 spiro atoms. The number of rotatable bonds is 7. The minimum Gasteiger partial charge on any atom is -0.454 e. The van der Waals surface area contributed by atoms with Gasteiger partial charge in [-0.3, -0.25) is 14.4 Å². The third-order valence-corrected chi connectivity index (χ3v) is 12.1. The predicted octanol–water partition coefficient (Wildman–Crippen LogP) is 3.17. The van der Waals surface area contributed by atoms with E-state index in [0.29, 0.717) is 16.7 Å². The number of ether oxygens (including phenoxy) is 4. The Morgan fingerprint density at radius 3 is 2.29 bits per heavy atom. The van der Waals surface area contributed by atoms with Crippen molar-refractivity contribution in [1.29, 1.82) is 0 Å². The van der Waals surface area contributed by atoms with Crippen LogP contribution in [0.3, 0.4) is 0 Å². The third-order valence-electron chi connectivity index (χ3n) is 12.1. The second kappa shape index (κ2) is 12.5. The monoisotopic (exact) mass is 671 g/mol. The van der Waals surface area contributed by atoms with Crippen molar-refractivity contribution < 1.29 is 53.4 Å². The van der Waals surface area contributed by atoms with Crippen LogP contribution in [0.4, 0.5) is 4.79 Å². The first-order valence-corrected chi connectivity index (χ1v) is 16.6. The highest BCUT2D eigenvalue weighted by Gasteiger charge is 2.76. The molecule has 0 radical (unpaired) electrons. The van der Waals surface area contributed by atoms with Gasteiger partial charge in [0.1, 0.15) is 6.10 Å². The summed E-state index contributed by atoms with van der Waals surface area (Å²) in [5, 5.41) is 39.4. The molecule has 5 rings (SSSR count). The second-order valence-electron chi connectivity index (χ2n) is 14.9. The van der Waals surface area contributed by atoms with Gasteiger partial charge in [0.2, 0.25) is 0 Å². The number of allylic oxidation sites excluding steroid dienone is 1. The van der Waals surface area contributed by atoms with E-state index in [-0.39, 0.29) is 25.9 Å². The molecule has 48 heavy (non-hydrogen) atoms. The summed E-state index contributed by atoms with van der Waals surface area (Å²) >= 11 is 0. The topological polar surface area (TPSA) is 178 Å².